The normalized spacial score (nSPS) is 12.2. The maximum Gasteiger partial charge on any atom is 0.0608 e. The average molecular weight is 260 g/mol. The first-order chi connectivity index (χ1) is 9.01. The summed E-state index contributed by atoms with van der Waals surface area (Å²) in [4.78, 5) is 0. The van der Waals surface area contributed by atoms with Gasteiger partial charge in [0.05, 0.1) is 5.60 Å². The van der Waals surface area contributed by atoms with Crippen molar-refractivity contribution in [3.63, 3.8) is 0 Å². The van der Waals surface area contributed by atoms with Crippen molar-refractivity contribution in [2.75, 3.05) is 6.54 Å². The van der Waals surface area contributed by atoms with Gasteiger partial charge in [-0.2, -0.15) is 0 Å². The number of aryl methyl sites for hydroxylation is 1. The summed E-state index contributed by atoms with van der Waals surface area (Å²) < 4.78 is 2.25. The van der Waals surface area contributed by atoms with Crippen molar-refractivity contribution >= 4 is 10.9 Å². The van der Waals surface area contributed by atoms with Crippen molar-refractivity contribution < 1.29 is 5.11 Å². The summed E-state index contributed by atoms with van der Waals surface area (Å²) in [6.45, 7) is 8.55. The Balaban J connectivity index is 2.28. The Morgan fingerprint density at radius 3 is 2.68 bits per heavy atom. The van der Waals surface area contributed by atoms with Crippen LogP contribution in [0.15, 0.2) is 30.5 Å². The van der Waals surface area contributed by atoms with Gasteiger partial charge in [-0.3, -0.25) is 0 Å². The second-order valence-corrected chi connectivity index (χ2v) is 5.71. The Bertz CT molecular complexity index is 537. The fourth-order valence-electron chi connectivity index (χ4n) is 2.30. The molecular weight excluding hydrogens is 236 g/mol. The van der Waals surface area contributed by atoms with Crippen molar-refractivity contribution in [1.29, 1.82) is 0 Å². The average Bonchev–Trinajstić information content (AvgIpc) is 2.72. The van der Waals surface area contributed by atoms with Crippen LogP contribution in [0.4, 0.5) is 0 Å². The summed E-state index contributed by atoms with van der Waals surface area (Å²) in [5.74, 6) is 0. The van der Waals surface area contributed by atoms with E-state index < -0.39 is 5.60 Å². The fourth-order valence-corrected chi connectivity index (χ4v) is 2.30. The molecule has 19 heavy (non-hydrogen) atoms. The molecule has 104 valence electrons. The molecule has 2 N–H and O–H groups in total. The van der Waals surface area contributed by atoms with Crippen LogP contribution in [0.5, 0.6) is 0 Å². The third-order valence-electron chi connectivity index (χ3n) is 3.40. The maximum absolute atomic E-state index is 9.87. The number of para-hydroxylation sites is 1. The Kier molecular flexibility index (Phi) is 4.27. The van der Waals surface area contributed by atoms with Gasteiger partial charge < -0.3 is 15.0 Å². The lowest BCUT2D eigenvalue weighted by Gasteiger charge is -2.17. The van der Waals surface area contributed by atoms with Crippen molar-refractivity contribution in [3.8, 4) is 0 Å². The van der Waals surface area contributed by atoms with Crippen molar-refractivity contribution in [2.45, 2.75) is 45.9 Å². The van der Waals surface area contributed by atoms with Crippen LogP contribution < -0.4 is 5.32 Å². The van der Waals surface area contributed by atoms with Crippen LogP contribution in [0.1, 0.15) is 32.8 Å². The molecule has 0 saturated heterocycles. The van der Waals surface area contributed by atoms with Gasteiger partial charge in [-0.15, -0.1) is 0 Å². The summed E-state index contributed by atoms with van der Waals surface area (Å²) in [5.41, 5.74) is 1.96. The van der Waals surface area contributed by atoms with E-state index in [1.807, 2.05) is 13.8 Å². The molecule has 0 saturated carbocycles. The number of aliphatic hydroxyl groups is 1. The van der Waals surface area contributed by atoms with E-state index in [1.165, 1.54) is 16.5 Å². The third kappa shape index (κ3) is 3.58. The van der Waals surface area contributed by atoms with Gasteiger partial charge in [0.2, 0.25) is 0 Å². The molecule has 1 aromatic carbocycles. The third-order valence-corrected chi connectivity index (χ3v) is 3.40. The molecule has 0 unspecified atom stereocenters. The Hall–Kier alpha value is -1.32. The molecule has 1 heterocycles. The SMILES string of the molecule is CCNCc1cn(CCC(C)(C)O)c2ccccc12. The minimum atomic E-state index is -0.618. The summed E-state index contributed by atoms with van der Waals surface area (Å²) in [6, 6.07) is 8.47. The van der Waals surface area contributed by atoms with Gasteiger partial charge in [-0.25, -0.2) is 0 Å². The van der Waals surface area contributed by atoms with Crippen LogP contribution in [0.2, 0.25) is 0 Å². The van der Waals surface area contributed by atoms with E-state index in [0.717, 1.165) is 26.1 Å². The second kappa shape index (κ2) is 5.76. The molecule has 0 fully saturated rings. The Morgan fingerprint density at radius 2 is 2.00 bits per heavy atom. The predicted molar refractivity (Wildman–Crippen MR) is 80.2 cm³/mol. The fraction of sp³-hybridized carbons (Fsp3) is 0.500. The van der Waals surface area contributed by atoms with Gasteiger partial charge in [0.25, 0.3) is 0 Å². The number of fused-ring (bicyclic) bond motifs is 1. The maximum atomic E-state index is 9.87. The molecule has 3 nitrogen and oxygen atoms in total. The lowest BCUT2D eigenvalue weighted by molar-refractivity contribution is 0.0666. The Morgan fingerprint density at radius 1 is 1.26 bits per heavy atom. The highest BCUT2D eigenvalue weighted by Gasteiger charge is 2.14. The molecule has 0 aliphatic carbocycles. The van der Waals surface area contributed by atoms with E-state index in [2.05, 4.69) is 47.3 Å². The van der Waals surface area contributed by atoms with E-state index in [1.54, 1.807) is 0 Å². The molecule has 0 bridgehead atoms. The molecule has 0 atom stereocenters. The van der Waals surface area contributed by atoms with Gasteiger partial charge in [-0.1, -0.05) is 25.1 Å². The second-order valence-electron chi connectivity index (χ2n) is 5.71. The zero-order chi connectivity index (χ0) is 13.9. The lowest BCUT2D eigenvalue weighted by Crippen LogP contribution is -2.20. The van der Waals surface area contributed by atoms with E-state index in [9.17, 15) is 5.11 Å². The smallest absolute Gasteiger partial charge is 0.0608 e. The van der Waals surface area contributed by atoms with E-state index >= 15 is 0 Å². The summed E-state index contributed by atoms with van der Waals surface area (Å²) in [6.07, 6.45) is 2.96. The minimum Gasteiger partial charge on any atom is -0.390 e. The summed E-state index contributed by atoms with van der Waals surface area (Å²) in [5, 5.41) is 14.6. The molecule has 1 aromatic heterocycles. The predicted octanol–water partition coefficient (Wildman–Crippen LogP) is 2.91. The topological polar surface area (TPSA) is 37.2 Å². The molecule has 3 heteroatoms. The molecule has 0 radical (unpaired) electrons. The van der Waals surface area contributed by atoms with E-state index in [-0.39, 0.29) is 0 Å². The van der Waals surface area contributed by atoms with Crippen LogP contribution in [-0.4, -0.2) is 21.8 Å². The summed E-state index contributed by atoms with van der Waals surface area (Å²) in [7, 11) is 0. The Labute approximate surface area is 115 Å². The molecule has 0 amide bonds. The van der Waals surface area contributed by atoms with Crippen molar-refractivity contribution in [1.82, 2.24) is 9.88 Å². The number of benzene rings is 1. The van der Waals surface area contributed by atoms with Gasteiger partial charge >= 0.3 is 0 Å². The van der Waals surface area contributed by atoms with Gasteiger partial charge in [0.15, 0.2) is 0 Å². The van der Waals surface area contributed by atoms with Crippen molar-refractivity contribution in [2.24, 2.45) is 0 Å². The number of hydrogen-bond acceptors (Lipinski definition) is 2. The van der Waals surface area contributed by atoms with Crippen molar-refractivity contribution in [3.05, 3.63) is 36.0 Å². The lowest BCUT2D eigenvalue weighted by atomic mass is 10.1. The van der Waals surface area contributed by atoms with Crippen LogP contribution >= 0.6 is 0 Å². The number of nitrogens with zero attached hydrogens (tertiary/aromatic N) is 1. The molecule has 0 aliphatic heterocycles. The quantitative estimate of drug-likeness (QED) is 0.838. The standard InChI is InChI=1S/C16H24N2O/c1-4-17-11-13-12-18(10-9-16(2,3)19)15-8-6-5-7-14(13)15/h5-8,12,17,19H,4,9-11H2,1-3H3. The minimum absolute atomic E-state index is 0.618. The first-order valence-corrected chi connectivity index (χ1v) is 7.01. The zero-order valence-corrected chi connectivity index (χ0v) is 12.1. The van der Waals surface area contributed by atoms with Crippen LogP contribution in [0.3, 0.4) is 0 Å². The zero-order valence-electron chi connectivity index (χ0n) is 12.1. The highest BCUT2D eigenvalue weighted by Crippen LogP contribution is 2.22. The molecular formula is C16H24N2O. The van der Waals surface area contributed by atoms with Crippen LogP contribution in [0, 0.1) is 0 Å². The monoisotopic (exact) mass is 260 g/mol. The highest BCUT2D eigenvalue weighted by atomic mass is 16.3. The van der Waals surface area contributed by atoms with Gasteiger partial charge in [-0.05, 0) is 38.4 Å². The molecule has 2 rings (SSSR count). The highest BCUT2D eigenvalue weighted by molar-refractivity contribution is 5.83. The van der Waals surface area contributed by atoms with Crippen LogP contribution in [0.25, 0.3) is 10.9 Å². The van der Waals surface area contributed by atoms with Crippen LogP contribution in [-0.2, 0) is 13.1 Å². The number of rotatable bonds is 6. The first kappa shape index (κ1) is 14.1. The largest absolute Gasteiger partial charge is 0.390 e. The number of nitrogens with one attached hydrogen (secondary N) is 1. The molecule has 2 aromatic rings. The van der Waals surface area contributed by atoms with E-state index in [4.69, 9.17) is 0 Å². The van der Waals surface area contributed by atoms with Gasteiger partial charge in [0, 0.05) is 30.2 Å². The molecule has 0 aliphatic rings. The summed E-state index contributed by atoms with van der Waals surface area (Å²) >= 11 is 0. The van der Waals surface area contributed by atoms with Gasteiger partial charge in [0.1, 0.15) is 0 Å². The number of hydrogen-bond donors (Lipinski definition) is 2. The molecule has 0 spiro atoms. The van der Waals surface area contributed by atoms with E-state index in [0.29, 0.717) is 0 Å². The number of aromatic nitrogens is 1. The first-order valence-electron chi connectivity index (χ1n) is 7.01.